The van der Waals surface area contributed by atoms with Crippen LogP contribution < -0.4 is 9.62 Å². The quantitative estimate of drug-likeness (QED) is 0.777. The zero-order valence-corrected chi connectivity index (χ0v) is 16.8. The standard InChI is InChI=1S/C18H19BrN2O4S/c1-3-25-18(22)20-15-5-7-16(8-6-15)26(23,24)21-12(2)10-13-11-14(19)4-9-17(13)21/h4-9,11-12H,3,10H2,1-2H3,(H,20,22). The Balaban J connectivity index is 1.88. The summed E-state index contributed by atoms with van der Waals surface area (Å²) < 4.78 is 33.5. The van der Waals surface area contributed by atoms with Crippen molar-refractivity contribution in [2.75, 3.05) is 16.2 Å². The molecule has 1 N–H and O–H groups in total. The van der Waals surface area contributed by atoms with E-state index in [4.69, 9.17) is 4.74 Å². The van der Waals surface area contributed by atoms with Crippen molar-refractivity contribution in [1.82, 2.24) is 0 Å². The lowest BCUT2D eigenvalue weighted by Crippen LogP contribution is -2.35. The average Bonchev–Trinajstić information content (AvgIpc) is 2.91. The van der Waals surface area contributed by atoms with Crippen LogP contribution in [0.5, 0.6) is 0 Å². The van der Waals surface area contributed by atoms with Crippen LogP contribution in [0.15, 0.2) is 51.8 Å². The number of halogens is 1. The van der Waals surface area contributed by atoms with E-state index in [9.17, 15) is 13.2 Å². The average molecular weight is 439 g/mol. The van der Waals surface area contributed by atoms with Crippen molar-refractivity contribution in [3.05, 3.63) is 52.5 Å². The van der Waals surface area contributed by atoms with E-state index >= 15 is 0 Å². The number of fused-ring (bicyclic) bond motifs is 1. The van der Waals surface area contributed by atoms with E-state index in [1.807, 2.05) is 25.1 Å². The summed E-state index contributed by atoms with van der Waals surface area (Å²) in [6, 6.07) is 11.5. The largest absolute Gasteiger partial charge is 0.450 e. The normalized spacial score (nSPS) is 16.3. The fourth-order valence-corrected chi connectivity index (χ4v) is 5.15. The SMILES string of the molecule is CCOC(=O)Nc1ccc(S(=O)(=O)N2c3ccc(Br)cc3CC2C)cc1. The summed E-state index contributed by atoms with van der Waals surface area (Å²) in [5.74, 6) is 0. The van der Waals surface area contributed by atoms with Crippen molar-refractivity contribution < 1.29 is 17.9 Å². The minimum Gasteiger partial charge on any atom is -0.450 e. The molecule has 1 aliphatic heterocycles. The van der Waals surface area contributed by atoms with Crippen molar-refractivity contribution >= 4 is 43.4 Å². The van der Waals surface area contributed by atoms with Crippen LogP contribution in [0.25, 0.3) is 0 Å². The molecular formula is C18H19BrN2O4S. The van der Waals surface area contributed by atoms with Gasteiger partial charge >= 0.3 is 6.09 Å². The number of hydrogen-bond donors (Lipinski definition) is 1. The number of nitrogens with zero attached hydrogens (tertiary/aromatic N) is 1. The molecular weight excluding hydrogens is 420 g/mol. The maximum atomic E-state index is 13.1. The fraction of sp³-hybridized carbons (Fsp3) is 0.278. The molecule has 0 bridgehead atoms. The minimum atomic E-state index is -3.70. The van der Waals surface area contributed by atoms with E-state index in [1.165, 1.54) is 16.4 Å². The number of amides is 1. The Morgan fingerprint density at radius 3 is 2.62 bits per heavy atom. The number of anilines is 2. The van der Waals surface area contributed by atoms with Gasteiger partial charge in [0.1, 0.15) is 0 Å². The summed E-state index contributed by atoms with van der Waals surface area (Å²) in [6.07, 6.45) is 0.0898. The molecule has 1 aliphatic rings. The van der Waals surface area contributed by atoms with Gasteiger partial charge in [-0.15, -0.1) is 0 Å². The van der Waals surface area contributed by atoms with E-state index in [-0.39, 0.29) is 17.5 Å². The summed E-state index contributed by atoms with van der Waals surface area (Å²) in [7, 11) is -3.70. The van der Waals surface area contributed by atoms with Gasteiger partial charge in [0.2, 0.25) is 0 Å². The summed E-state index contributed by atoms with van der Waals surface area (Å²) in [5.41, 5.74) is 2.17. The van der Waals surface area contributed by atoms with E-state index in [1.54, 1.807) is 19.1 Å². The topological polar surface area (TPSA) is 75.7 Å². The van der Waals surface area contributed by atoms with Crippen molar-refractivity contribution in [2.24, 2.45) is 0 Å². The molecule has 0 aromatic heterocycles. The molecule has 3 rings (SSSR count). The highest BCUT2D eigenvalue weighted by Gasteiger charge is 2.36. The van der Waals surface area contributed by atoms with Crippen LogP contribution in [0.3, 0.4) is 0 Å². The van der Waals surface area contributed by atoms with E-state index in [0.717, 1.165) is 10.0 Å². The molecule has 2 aromatic rings. The van der Waals surface area contributed by atoms with Gasteiger partial charge < -0.3 is 4.74 Å². The summed E-state index contributed by atoms with van der Waals surface area (Å²) in [5, 5.41) is 2.55. The van der Waals surface area contributed by atoms with Crippen LogP contribution in [0.4, 0.5) is 16.2 Å². The van der Waals surface area contributed by atoms with Gasteiger partial charge in [-0.05, 0) is 68.3 Å². The molecule has 1 unspecified atom stereocenters. The molecule has 0 saturated heterocycles. The van der Waals surface area contributed by atoms with Crippen molar-refractivity contribution in [3.8, 4) is 0 Å². The Morgan fingerprint density at radius 2 is 1.96 bits per heavy atom. The number of nitrogens with one attached hydrogen (secondary N) is 1. The second-order valence-electron chi connectivity index (χ2n) is 6.00. The highest BCUT2D eigenvalue weighted by atomic mass is 79.9. The molecule has 138 valence electrons. The van der Waals surface area contributed by atoms with Gasteiger partial charge in [-0.3, -0.25) is 9.62 Å². The molecule has 1 heterocycles. The number of benzene rings is 2. The van der Waals surface area contributed by atoms with Crippen molar-refractivity contribution in [2.45, 2.75) is 31.2 Å². The van der Waals surface area contributed by atoms with Gasteiger partial charge in [0.15, 0.2) is 0 Å². The van der Waals surface area contributed by atoms with Gasteiger partial charge in [0.05, 0.1) is 17.2 Å². The van der Waals surface area contributed by atoms with Crippen LogP contribution in [-0.4, -0.2) is 27.2 Å². The van der Waals surface area contributed by atoms with Crippen molar-refractivity contribution in [3.63, 3.8) is 0 Å². The fourth-order valence-electron chi connectivity index (χ4n) is 3.05. The third kappa shape index (κ3) is 3.57. The number of ether oxygens (including phenoxy) is 1. The number of carbonyl (C=O) groups is 1. The second kappa shape index (κ2) is 7.28. The molecule has 0 aliphatic carbocycles. The molecule has 26 heavy (non-hydrogen) atoms. The first-order valence-electron chi connectivity index (χ1n) is 8.19. The van der Waals surface area contributed by atoms with Gasteiger partial charge in [0, 0.05) is 16.2 Å². The molecule has 0 spiro atoms. The summed E-state index contributed by atoms with van der Waals surface area (Å²) >= 11 is 3.43. The number of hydrogen-bond acceptors (Lipinski definition) is 4. The smallest absolute Gasteiger partial charge is 0.411 e. The third-order valence-corrected chi connectivity index (χ3v) is 6.56. The van der Waals surface area contributed by atoms with Gasteiger partial charge in [-0.25, -0.2) is 13.2 Å². The van der Waals surface area contributed by atoms with Crippen LogP contribution in [0.1, 0.15) is 19.4 Å². The molecule has 0 saturated carbocycles. The van der Waals surface area contributed by atoms with Gasteiger partial charge in [-0.1, -0.05) is 15.9 Å². The lowest BCUT2D eigenvalue weighted by Gasteiger charge is -2.24. The highest BCUT2D eigenvalue weighted by molar-refractivity contribution is 9.10. The van der Waals surface area contributed by atoms with E-state index in [0.29, 0.717) is 17.8 Å². The second-order valence-corrected chi connectivity index (χ2v) is 8.73. The van der Waals surface area contributed by atoms with E-state index in [2.05, 4.69) is 21.2 Å². The molecule has 0 fully saturated rings. The van der Waals surface area contributed by atoms with Crippen LogP contribution in [-0.2, 0) is 21.2 Å². The summed E-state index contributed by atoms with van der Waals surface area (Å²) in [4.78, 5) is 11.6. The van der Waals surface area contributed by atoms with Crippen molar-refractivity contribution in [1.29, 1.82) is 0 Å². The predicted molar refractivity (Wildman–Crippen MR) is 104 cm³/mol. The minimum absolute atomic E-state index is 0.165. The number of rotatable bonds is 4. The Bertz CT molecular complexity index is 929. The first kappa shape index (κ1) is 18.7. The maximum absolute atomic E-state index is 13.1. The van der Waals surface area contributed by atoms with Crippen LogP contribution in [0, 0.1) is 0 Å². The molecule has 2 aromatic carbocycles. The van der Waals surface area contributed by atoms with Gasteiger partial charge in [-0.2, -0.15) is 0 Å². The van der Waals surface area contributed by atoms with Gasteiger partial charge in [0.25, 0.3) is 10.0 Å². The monoisotopic (exact) mass is 438 g/mol. The lowest BCUT2D eigenvalue weighted by molar-refractivity contribution is 0.168. The van der Waals surface area contributed by atoms with Crippen LogP contribution in [0.2, 0.25) is 0 Å². The zero-order valence-electron chi connectivity index (χ0n) is 14.4. The lowest BCUT2D eigenvalue weighted by atomic mass is 10.1. The first-order valence-corrected chi connectivity index (χ1v) is 10.4. The summed E-state index contributed by atoms with van der Waals surface area (Å²) in [6.45, 7) is 3.87. The van der Waals surface area contributed by atoms with Crippen LogP contribution >= 0.6 is 15.9 Å². The number of carbonyl (C=O) groups excluding carboxylic acids is 1. The molecule has 8 heteroatoms. The molecule has 1 amide bonds. The Hall–Kier alpha value is -2.06. The molecule has 0 radical (unpaired) electrons. The Labute approximate surface area is 161 Å². The first-order chi connectivity index (χ1) is 12.3. The highest BCUT2D eigenvalue weighted by Crippen LogP contribution is 2.38. The maximum Gasteiger partial charge on any atom is 0.411 e. The number of sulfonamides is 1. The zero-order chi connectivity index (χ0) is 18.9. The Kier molecular flexibility index (Phi) is 5.24. The third-order valence-electron chi connectivity index (χ3n) is 4.13. The Morgan fingerprint density at radius 1 is 1.27 bits per heavy atom. The molecule has 1 atom stereocenters. The molecule has 6 nitrogen and oxygen atoms in total. The van der Waals surface area contributed by atoms with E-state index < -0.39 is 16.1 Å². The predicted octanol–water partition coefficient (Wildman–Crippen LogP) is 4.16.